The number of hydrogen-bond acceptors (Lipinski definition) is 4. The van der Waals surface area contributed by atoms with Crippen molar-refractivity contribution in [3.63, 3.8) is 0 Å². The minimum atomic E-state index is -0.499. The summed E-state index contributed by atoms with van der Waals surface area (Å²) in [5, 5.41) is 20.5. The highest BCUT2D eigenvalue weighted by molar-refractivity contribution is 6.34. The Bertz CT molecular complexity index is 922. The minimum Gasteiger partial charge on any atom is -0.304 e. The number of amides is 1. The van der Waals surface area contributed by atoms with Gasteiger partial charge in [0.15, 0.2) is 11.5 Å². The van der Waals surface area contributed by atoms with Crippen LogP contribution in [0.4, 0.5) is 5.82 Å². The number of halogens is 1. The number of carbonyl (C=O) groups excluding carboxylic acids is 1. The van der Waals surface area contributed by atoms with Gasteiger partial charge in [-0.3, -0.25) is 9.48 Å². The lowest BCUT2D eigenvalue weighted by Gasteiger charge is -2.08. The Morgan fingerprint density at radius 1 is 1.38 bits per heavy atom. The number of aromatic nitrogens is 4. The molecule has 1 N–H and O–H groups in total. The number of benzene rings is 1. The van der Waals surface area contributed by atoms with Crippen molar-refractivity contribution >= 4 is 23.3 Å². The first-order valence-corrected chi connectivity index (χ1v) is 7.59. The van der Waals surface area contributed by atoms with Crippen molar-refractivity contribution in [2.75, 3.05) is 5.32 Å². The maximum Gasteiger partial charge on any atom is 0.278 e. The molecule has 0 saturated heterocycles. The van der Waals surface area contributed by atoms with E-state index in [9.17, 15) is 10.1 Å². The van der Waals surface area contributed by atoms with E-state index in [-0.39, 0.29) is 22.1 Å². The molecule has 0 aliphatic rings. The second kappa shape index (κ2) is 6.56. The molecule has 0 saturated carbocycles. The number of hydrogen-bond donors (Lipinski definition) is 1. The summed E-state index contributed by atoms with van der Waals surface area (Å²) in [4.78, 5) is 12.5. The zero-order valence-electron chi connectivity index (χ0n) is 12.8. The van der Waals surface area contributed by atoms with Gasteiger partial charge in [0.05, 0.1) is 16.9 Å². The zero-order valence-corrected chi connectivity index (χ0v) is 13.5. The molecule has 0 fully saturated rings. The van der Waals surface area contributed by atoms with Gasteiger partial charge in [-0.15, -0.1) is 0 Å². The first-order valence-electron chi connectivity index (χ1n) is 7.22. The first-order chi connectivity index (χ1) is 11.6. The molecule has 0 aliphatic heterocycles. The lowest BCUT2D eigenvalue weighted by molar-refractivity contribution is 0.102. The van der Waals surface area contributed by atoms with E-state index >= 15 is 0 Å². The Balaban J connectivity index is 1.97. The van der Waals surface area contributed by atoms with Gasteiger partial charge in [-0.2, -0.15) is 15.5 Å². The summed E-state index contributed by atoms with van der Waals surface area (Å²) in [7, 11) is 0. The van der Waals surface area contributed by atoms with Crippen molar-refractivity contribution < 1.29 is 4.79 Å². The van der Waals surface area contributed by atoms with Gasteiger partial charge in [0.1, 0.15) is 11.6 Å². The predicted octanol–water partition coefficient (Wildman–Crippen LogP) is 2.87. The third-order valence-corrected chi connectivity index (χ3v) is 3.66. The van der Waals surface area contributed by atoms with Crippen molar-refractivity contribution in [2.45, 2.75) is 13.5 Å². The van der Waals surface area contributed by atoms with Crippen LogP contribution in [0.1, 0.15) is 23.0 Å². The topological polar surface area (TPSA) is 88.5 Å². The lowest BCUT2D eigenvalue weighted by Crippen LogP contribution is -2.17. The number of carbonyl (C=O) groups is 1. The second-order valence-electron chi connectivity index (χ2n) is 4.90. The van der Waals surface area contributed by atoms with Gasteiger partial charge >= 0.3 is 0 Å². The maximum atomic E-state index is 12.5. The van der Waals surface area contributed by atoms with Crippen LogP contribution < -0.4 is 5.32 Å². The first kappa shape index (κ1) is 15.8. The van der Waals surface area contributed by atoms with Crippen LogP contribution in [0.15, 0.2) is 42.7 Å². The molecule has 0 radical (unpaired) electrons. The van der Waals surface area contributed by atoms with Gasteiger partial charge in [0, 0.05) is 12.7 Å². The molecule has 0 atom stereocenters. The van der Waals surface area contributed by atoms with E-state index in [4.69, 9.17) is 11.6 Å². The van der Waals surface area contributed by atoms with E-state index in [0.717, 1.165) is 5.69 Å². The molecule has 8 heteroatoms. The van der Waals surface area contributed by atoms with E-state index in [0.29, 0.717) is 6.54 Å². The molecule has 0 unspecified atom stereocenters. The molecule has 0 bridgehead atoms. The molecule has 0 aliphatic carbocycles. The molecule has 3 aromatic rings. The molecule has 3 rings (SSSR count). The summed E-state index contributed by atoms with van der Waals surface area (Å²) < 4.78 is 3.05. The number of rotatable bonds is 4. The fourth-order valence-electron chi connectivity index (χ4n) is 2.20. The van der Waals surface area contributed by atoms with Crippen molar-refractivity contribution in [2.24, 2.45) is 0 Å². The monoisotopic (exact) mass is 340 g/mol. The second-order valence-corrected chi connectivity index (χ2v) is 5.31. The predicted molar refractivity (Wildman–Crippen MR) is 89.1 cm³/mol. The molecular formula is C16H13ClN6O. The van der Waals surface area contributed by atoms with E-state index in [1.165, 1.54) is 10.9 Å². The number of nitrogens with one attached hydrogen (secondary N) is 1. The number of aryl methyl sites for hydroxylation is 1. The van der Waals surface area contributed by atoms with E-state index in [1.54, 1.807) is 10.9 Å². The average Bonchev–Trinajstić information content (AvgIpc) is 3.18. The highest BCUT2D eigenvalue weighted by atomic mass is 35.5. The Morgan fingerprint density at radius 2 is 2.12 bits per heavy atom. The SMILES string of the molecule is CCn1cc(Cl)c(C(=O)Nc2c(C#N)cnn2-c2ccccc2)n1. The maximum absolute atomic E-state index is 12.5. The summed E-state index contributed by atoms with van der Waals surface area (Å²) in [6, 6.07) is 11.2. The Kier molecular flexibility index (Phi) is 4.31. The van der Waals surface area contributed by atoms with Crippen LogP contribution in [0.5, 0.6) is 0 Å². The number of nitrogens with zero attached hydrogens (tertiary/aromatic N) is 5. The molecule has 1 aromatic carbocycles. The quantitative estimate of drug-likeness (QED) is 0.790. The molecule has 120 valence electrons. The molecule has 2 heterocycles. The fourth-order valence-corrected chi connectivity index (χ4v) is 2.43. The number of nitriles is 1. The Labute approximate surface area is 143 Å². The highest BCUT2D eigenvalue weighted by Gasteiger charge is 2.20. The fraction of sp³-hybridized carbons (Fsp3) is 0.125. The van der Waals surface area contributed by atoms with Gasteiger partial charge in [-0.05, 0) is 19.1 Å². The number of anilines is 1. The molecule has 1 amide bonds. The third-order valence-electron chi connectivity index (χ3n) is 3.38. The Morgan fingerprint density at radius 3 is 2.75 bits per heavy atom. The Hall–Kier alpha value is -3.11. The largest absolute Gasteiger partial charge is 0.304 e. The molecule has 0 spiro atoms. The van der Waals surface area contributed by atoms with E-state index in [2.05, 4.69) is 15.5 Å². The summed E-state index contributed by atoms with van der Waals surface area (Å²) in [5.74, 6) is -0.225. The minimum absolute atomic E-state index is 0.100. The number of para-hydroxylation sites is 1. The van der Waals surface area contributed by atoms with Crippen molar-refractivity contribution in [1.82, 2.24) is 19.6 Å². The van der Waals surface area contributed by atoms with Gasteiger partial charge in [-0.25, -0.2) is 4.68 Å². The van der Waals surface area contributed by atoms with Crippen LogP contribution in [0.3, 0.4) is 0 Å². The smallest absolute Gasteiger partial charge is 0.278 e. The van der Waals surface area contributed by atoms with Crippen LogP contribution in [0.25, 0.3) is 5.69 Å². The van der Waals surface area contributed by atoms with E-state index < -0.39 is 5.91 Å². The third kappa shape index (κ3) is 2.87. The molecule has 24 heavy (non-hydrogen) atoms. The van der Waals surface area contributed by atoms with Gasteiger partial charge in [0.25, 0.3) is 5.91 Å². The average molecular weight is 341 g/mol. The molecule has 7 nitrogen and oxygen atoms in total. The van der Waals surface area contributed by atoms with Crippen LogP contribution >= 0.6 is 11.6 Å². The normalized spacial score (nSPS) is 10.4. The van der Waals surface area contributed by atoms with Crippen molar-refractivity contribution in [3.05, 3.63) is 59.0 Å². The van der Waals surface area contributed by atoms with Crippen molar-refractivity contribution in [1.29, 1.82) is 5.26 Å². The lowest BCUT2D eigenvalue weighted by atomic mass is 10.3. The van der Waals surface area contributed by atoms with Crippen LogP contribution in [0, 0.1) is 11.3 Å². The van der Waals surface area contributed by atoms with Gasteiger partial charge in [0.2, 0.25) is 0 Å². The van der Waals surface area contributed by atoms with Gasteiger partial charge < -0.3 is 5.32 Å². The van der Waals surface area contributed by atoms with Crippen LogP contribution in [-0.4, -0.2) is 25.5 Å². The van der Waals surface area contributed by atoms with Crippen LogP contribution in [-0.2, 0) is 6.54 Å². The molecule has 2 aromatic heterocycles. The van der Waals surface area contributed by atoms with E-state index in [1.807, 2.05) is 43.3 Å². The zero-order chi connectivity index (χ0) is 17.1. The molecular weight excluding hydrogens is 328 g/mol. The van der Waals surface area contributed by atoms with Crippen LogP contribution in [0.2, 0.25) is 5.02 Å². The summed E-state index contributed by atoms with van der Waals surface area (Å²) in [6.07, 6.45) is 2.98. The summed E-state index contributed by atoms with van der Waals surface area (Å²) in [6.45, 7) is 2.49. The van der Waals surface area contributed by atoms with Gasteiger partial charge in [-0.1, -0.05) is 29.8 Å². The van der Waals surface area contributed by atoms with Crippen molar-refractivity contribution in [3.8, 4) is 11.8 Å². The standard InChI is InChI=1S/C16H13ClN6O/c1-2-22-10-13(17)14(21-22)16(24)20-15-11(8-18)9-19-23(15)12-6-4-3-5-7-12/h3-7,9-10H,2H2,1H3,(H,20,24). The highest BCUT2D eigenvalue weighted by Crippen LogP contribution is 2.22. The summed E-state index contributed by atoms with van der Waals surface area (Å²) >= 11 is 6.06. The summed E-state index contributed by atoms with van der Waals surface area (Å²) in [5.41, 5.74) is 1.07.